The Labute approximate surface area is 143 Å². The Bertz CT molecular complexity index is 504. The van der Waals surface area contributed by atoms with Gasteiger partial charge in [0.05, 0.1) is 6.04 Å². The molecule has 23 heavy (non-hydrogen) atoms. The molecule has 2 unspecified atom stereocenters. The van der Waals surface area contributed by atoms with Crippen molar-refractivity contribution in [2.75, 3.05) is 37.8 Å². The fraction of sp³-hybridized carbons (Fsp3) is 0.611. The van der Waals surface area contributed by atoms with Gasteiger partial charge in [0.15, 0.2) is 0 Å². The van der Waals surface area contributed by atoms with E-state index in [1.54, 1.807) is 0 Å². The predicted molar refractivity (Wildman–Crippen MR) is 96.3 cm³/mol. The molecule has 1 N–H and O–H groups in total. The van der Waals surface area contributed by atoms with Gasteiger partial charge in [-0.3, -0.25) is 15.0 Å². The van der Waals surface area contributed by atoms with E-state index < -0.39 is 0 Å². The highest BCUT2D eigenvalue weighted by atomic mass is 32.2. The maximum Gasteiger partial charge on any atom is 0.240 e. The molecular weight excluding hydrogens is 306 g/mol. The number of amides is 1. The van der Waals surface area contributed by atoms with Gasteiger partial charge in [0.1, 0.15) is 0 Å². The van der Waals surface area contributed by atoms with Crippen molar-refractivity contribution >= 4 is 17.7 Å². The molecule has 2 aliphatic rings. The Hall–Kier alpha value is -1.04. The zero-order chi connectivity index (χ0) is 16.1. The smallest absolute Gasteiger partial charge is 0.240 e. The van der Waals surface area contributed by atoms with Crippen molar-refractivity contribution in [2.45, 2.75) is 25.9 Å². The molecule has 5 heteroatoms. The van der Waals surface area contributed by atoms with Crippen LogP contribution in [0.2, 0.25) is 0 Å². The summed E-state index contributed by atoms with van der Waals surface area (Å²) in [6, 6.07) is 10.7. The predicted octanol–water partition coefficient (Wildman–Crippen LogP) is 2.02. The Morgan fingerprint density at radius 2 is 2.22 bits per heavy atom. The molecule has 1 aromatic rings. The zero-order valence-corrected chi connectivity index (χ0v) is 14.7. The minimum Gasteiger partial charge on any atom is -0.341 e. The van der Waals surface area contributed by atoms with E-state index >= 15 is 0 Å². The van der Waals surface area contributed by atoms with Crippen molar-refractivity contribution in [1.29, 1.82) is 0 Å². The fourth-order valence-electron chi connectivity index (χ4n) is 3.51. The lowest BCUT2D eigenvalue weighted by Crippen LogP contribution is -2.46. The van der Waals surface area contributed by atoms with Gasteiger partial charge in [0, 0.05) is 37.8 Å². The topological polar surface area (TPSA) is 35.6 Å². The van der Waals surface area contributed by atoms with E-state index in [-0.39, 0.29) is 6.04 Å². The van der Waals surface area contributed by atoms with Crippen LogP contribution in [0.25, 0.3) is 0 Å². The molecule has 2 atom stereocenters. The Balaban J connectivity index is 1.49. The lowest BCUT2D eigenvalue weighted by atomic mass is 10.1. The first-order valence-corrected chi connectivity index (χ1v) is 9.78. The first-order chi connectivity index (χ1) is 11.3. The molecule has 4 nitrogen and oxygen atoms in total. The highest BCUT2D eigenvalue weighted by Gasteiger charge is 2.30. The van der Waals surface area contributed by atoms with Gasteiger partial charge < -0.3 is 4.90 Å². The zero-order valence-electron chi connectivity index (χ0n) is 13.9. The second kappa shape index (κ2) is 8.18. The van der Waals surface area contributed by atoms with Crippen LogP contribution >= 0.6 is 11.8 Å². The monoisotopic (exact) mass is 333 g/mol. The summed E-state index contributed by atoms with van der Waals surface area (Å²) in [4.78, 5) is 17.1. The molecule has 0 bridgehead atoms. The number of likely N-dealkylation sites (N-methyl/N-ethyl adjacent to an activating group) is 1. The molecule has 1 aromatic carbocycles. The van der Waals surface area contributed by atoms with E-state index in [0.717, 1.165) is 44.4 Å². The van der Waals surface area contributed by atoms with E-state index in [0.29, 0.717) is 11.8 Å². The van der Waals surface area contributed by atoms with Crippen LogP contribution in [0.3, 0.4) is 0 Å². The Kier molecular flexibility index (Phi) is 5.97. The first-order valence-electron chi connectivity index (χ1n) is 8.62. The summed E-state index contributed by atoms with van der Waals surface area (Å²) < 4.78 is 0. The minimum absolute atomic E-state index is 0.0294. The van der Waals surface area contributed by atoms with Crippen LogP contribution in [-0.2, 0) is 11.3 Å². The van der Waals surface area contributed by atoms with Crippen molar-refractivity contribution in [3.63, 3.8) is 0 Å². The van der Waals surface area contributed by atoms with Crippen LogP contribution < -0.4 is 5.32 Å². The molecule has 126 valence electrons. The van der Waals surface area contributed by atoms with Gasteiger partial charge in [0.2, 0.25) is 5.91 Å². The average Bonchev–Trinajstić information content (AvgIpc) is 3.25. The van der Waals surface area contributed by atoms with Gasteiger partial charge in [-0.25, -0.2) is 0 Å². The molecule has 2 saturated heterocycles. The molecule has 0 radical (unpaired) electrons. The SMILES string of the molecule is CCN(CC1CCN(Cc2ccccc2)C1)C(=O)C1CSCN1. The van der Waals surface area contributed by atoms with Gasteiger partial charge >= 0.3 is 0 Å². The van der Waals surface area contributed by atoms with E-state index in [1.807, 2.05) is 11.8 Å². The van der Waals surface area contributed by atoms with E-state index in [4.69, 9.17) is 0 Å². The average molecular weight is 334 g/mol. The summed E-state index contributed by atoms with van der Waals surface area (Å²) in [7, 11) is 0. The van der Waals surface area contributed by atoms with Crippen LogP contribution in [-0.4, -0.2) is 59.6 Å². The minimum atomic E-state index is 0.0294. The third-order valence-electron chi connectivity index (χ3n) is 4.81. The number of thioether (sulfide) groups is 1. The van der Waals surface area contributed by atoms with E-state index in [1.165, 1.54) is 12.0 Å². The highest BCUT2D eigenvalue weighted by molar-refractivity contribution is 7.99. The quantitative estimate of drug-likeness (QED) is 0.864. The molecule has 0 aromatic heterocycles. The van der Waals surface area contributed by atoms with Gasteiger partial charge in [-0.1, -0.05) is 30.3 Å². The summed E-state index contributed by atoms with van der Waals surface area (Å²) in [5.74, 6) is 2.72. The van der Waals surface area contributed by atoms with Gasteiger partial charge in [-0.15, -0.1) is 11.8 Å². The molecule has 2 aliphatic heterocycles. The highest BCUT2D eigenvalue weighted by Crippen LogP contribution is 2.21. The number of likely N-dealkylation sites (tertiary alicyclic amines) is 1. The Morgan fingerprint density at radius 1 is 1.39 bits per heavy atom. The molecule has 0 spiro atoms. The second-order valence-corrected chi connectivity index (χ2v) is 7.55. The number of carbonyl (C=O) groups is 1. The maximum atomic E-state index is 12.6. The lowest BCUT2D eigenvalue weighted by Gasteiger charge is -2.27. The molecule has 3 rings (SSSR count). The van der Waals surface area contributed by atoms with Crippen molar-refractivity contribution in [2.24, 2.45) is 5.92 Å². The molecule has 1 amide bonds. The summed E-state index contributed by atoms with van der Waals surface area (Å²) >= 11 is 1.82. The number of benzene rings is 1. The van der Waals surface area contributed by atoms with Gasteiger partial charge in [-0.05, 0) is 31.4 Å². The van der Waals surface area contributed by atoms with Crippen molar-refractivity contribution in [1.82, 2.24) is 15.1 Å². The summed E-state index contributed by atoms with van der Waals surface area (Å²) in [6.45, 7) is 7.09. The number of nitrogens with zero attached hydrogens (tertiary/aromatic N) is 2. The maximum absolute atomic E-state index is 12.6. The van der Waals surface area contributed by atoms with E-state index in [9.17, 15) is 4.79 Å². The number of hydrogen-bond donors (Lipinski definition) is 1. The third kappa shape index (κ3) is 4.49. The molecule has 0 aliphatic carbocycles. The largest absolute Gasteiger partial charge is 0.341 e. The molecular formula is C18H27N3OS. The van der Waals surface area contributed by atoms with Crippen LogP contribution in [0.1, 0.15) is 18.9 Å². The molecule has 2 heterocycles. The second-order valence-electron chi connectivity index (χ2n) is 6.52. The van der Waals surface area contributed by atoms with Gasteiger partial charge in [0.25, 0.3) is 0 Å². The van der Waals surface area contributed by atoms with Crippen molar-refractivity contribution in [3.8, 4) is 0 Å². The van der Waals surface area contributed by atoms with Crippen molar-refractivity contribution in [3.05, 3.63) is 35.9 Å². The Morgan fingerprint density at radius 3 is 2.91 bits per heavy atom. The van der Waals surface area contributed by atoms with Crippen LogP contribution in [0.4, 0.5) is 0 Å². The number of hydrogen-bond acceptors (Lipinski definition) is 4. The first kappa shape index (κ1) is 16.8. The summed E-state index contributed by atoms with van der Waals surface area (Å²) in [5.41, 5.74) is 1.38. The third-order valence-corrected chi connectivity index (χ3v) is 5.75. The summed E-state index contributed by atoms with van der Waals surface area (Å²) in [5, 5.41) is 3.30. The van der Waals surface area contributed by atoms with Crippen LogP contribution in [0.5, 0.6) is 0 Å². The fourth-order valence-corrected chi connectivity index (χ4v) is 4.44. The summed E-state index contributed by atoms with van der Waals surface area (Å²) in [6.07, 6.45) is 1.20. The number of carbonyl (C=O) groups excluding carboxylic acids is 1. The van der Waals surface area contributed by atoms with Crippen LogP contribution in [0.15, 0.2) is 30.3 Å². The lowest BCUT2D eigenvalue weighted by molar-refractivity contribution is -0.133. The van der Waals surface area contributed by atoms with E-state index in [2.05, 4.69) is 52.4 Å². The standard InChI is InChI=1S/C18H27N3OS/c1-2-21(18(22)17-13-23-14-19-17)12-16-8-9-20(11-16)10-15-6-4-3-5-7-15/h3-7,16-17,19H,2,8-14H2,1H3. The number of rotatable bonds is 6. The van der Waals surface area contributed by atoms with Crippen LogP contribution in [0, 0.1) is 5.92 Å². The van der Waals surface area contributed by atoms with Crippen molar-refractivity contribution < 1.29 is 4.79 Å². The van der Waals surface area contributed by atoms with Gasteiger partial charge in [-0.2, -0.15) is 0 Å². The molecule has 0 saturated carbocycles. The molecule has 2 fully saturated rings. The normalized spacial score (nSPS) is 24.9. The number of nitrogens with one attached hydrogen (secondary N) is 1.